The predicted molar refractivity (Wildman–Crippen MR) is 76.9 cm³/mol. The van der Waals surface area contributed by atoms with Crippen LogP contribution in [0, 0.1) is 5.92 Å². The minimum atomic E-state index is -0.630. The van der Waals surface area contributed by atoms with Gasteiger partial charge in [0.05, 0.1) is 12.7 Å². The number of methoxy groups -OCH3 is 1. The molecule has 0 aliphatic heterocycles. The second kappa shape index (κ2) is 7.28. The second-order valence-electron chi connectivity index (χ2n) is 4.34. The number of esters is 1. The Bertz CT molecular complexity index is 462. The van der Waals surface area contributed by atoms with Gasteiger partial charge >= 0.3 is 5.97 Å². The van der Waals surface area contributed by atoms with Crippen LogP contribution in [0.15, 0.2) is 28.7 Å². The topological polar surface area (TPSA) is 55.4 Å². The molecule has 2 atom stereocenters. The minimum Gasteiger partial charge on any atom is -0.467 e. The molecule has 0 aromatic heterocycles. The summed E-state index contributed by atoms with van der Waals surface area (Å²) in [5, 5.41) is 2.73. The smallest absolute Gasteiger partial charge is 0.328 e. The molecule has 104 valence electrons. The highest BCUT2D eigenvalue weighted by atomic mass is 79.9. The number of hydrogen-bond acceptors (Lipinski definition) is 3. The van der Waals surface area contributed by atoms with Crippen LogP contribution < -0.4 is 5.32 Å². The number of carbonyl (C=O) groups excluding carboxylic acids is 2. The van der Waals surface area contributed by atoms with Crippen LogP contribution in [0.4, 0.5) is 0 Å². The van der Waals surface area contributed by atoms with E-state index in [1.165, 1.54) is 7.11 Å². The lowest BCUT2D eigenvalue weighted by molar-refractivity contribution is -0.144. The van der Waals surface area contributed by atoms with Crippen molar-refractivity contribution in [3.8, 4) is 0 Å². The Morgan fingerprint density at radius 1 is 1.37 bits per heavy atom. The van der Waals surface area contributed by atoms with E-state index in [2.05, 4.69) is 21.2 Å². The average molecular weight is 328 g/mol. The standard InChI is InChI=1S/C14H18BrNO3/c1-4-9(2)12(14(18)19-3)16-13(17)10-7-5-6-8-11(10)15/h5-9,12H,4H2,1-3H3,(H,16,17)/t9-,12+/m1/s1. The van der Waals surface area contributed by atoms with Gasteiger partial charge in [-0.25, -0.2) is 4.79 Å². The molecule has 0 heterocycles. The highest BCUT2D eigenvalue weighted by Crippen LogP contribution is 2.17. The summed E-state index contributed by atoms with van der Waals surface area (Å²) >= 11 is 3.32. The molecule has 0 fully saturated rings. The lowest BCUT2D eigenvalue weighted by atomic mass is 9.99. The summed E-state index contributed by atoms with van der Waals surface area (Å²) in [5.74, 6) is -0.697. The molecule has 4 nitrogen and oxygen atoms in total. The van der Waals surface area contributed by atoms with Crippen molar-refractivity contribution in [3.05, 3.63) is 34.3 Å². The first-order valence-corrected chi connectivity index (χ1v) is 6.93. The van der Waals surface area contributed by atoms with Gasteiger partial charge in [0.1, 0.15) is 6.04 Å². The van der Waals surface area contributed by atoms with E-state index >= 15 is 0 Å². The Hall–Kier alpha value is -1.36. The van der Waals surface area contributed by atoms with Crippen LogP contribution in [0.25, 0.3) is 0 Å². The van der Waals surface area contributed by atoms with Gasteiger partial charge in [-0.1, -0.05) is 32.4 Å². The number of amides is 1. The Morgan fingerprint density at radius 2 is 2.00 bits per heavy atom. The van der Waals surface area contributed by atoms with Crippen molar-refractivity contribution in [1.29, 1.82) is 0 Å². The Labute approximate surface area is 121 Å². The number of nitrogens with one attached hydrogen (secondary N) is 1. The van der Waals surface area contributed by atoms with Crippen molar-refractivity contribution in [2.24, 2.45) is 5.92 Å². The van der Waals surface area contributed by atoms with Crippen LogP contribution in [0.3, 0.4) is 0 Å². The van der Waals surface area contributed by atoms with Crippen LogP contribution in [0.5, 0.6) is 0 Å². The molecule has 0 saturated heterocycles. The van der Waals surface area contributed by atoms with Crippen LogP contribution in [-0.2, 0) is 9.53 Å². The molecule has 0 saturated carbocycles. The number of carbonyl (C=O) groups is 2. The summed E-state index contributed by atoms with van der Waals surface area (Å²) < 4.78 is 5.43. The molecule has 1 amide bonds. The van der Waals surface area contributed by atoms with Gasteiger partial charge in [-0.05, 0) is 34.0 Å². The molecule has 5 heteroatoms. The molecule has 0 radical (unpaired) electrons. The summed E-state index contributed by atoms with van der Waals surface area (Å²) in [5.41, 5.74) is 0.500. The lowest BCUT2D eigenvalue weighted by Crippen LogP contribution is -2.45. The fourth-order valence-corrected chi connectivity index (χ4v) is 2.13. The van der Waals surface area contributed by atoms with Crippen molar-refractivity contribution in [1.82, 2.24) is 5.32 Å². The van der Waals surface area contributed by atoms with Gasteiger partial charge in [0.15, 0.2) is 0 Å². The zero-order valence-corrected chi connectivity index (χ0v) is 12.9. The second-order valence-corrected chi connectivity index (χ2v) is 5.19. The maximum atomic E-state index is 12.2. The molecule has 0 aliphatic rings. The Morgan fingerprint density at radius 3 is 2.53 bits per heavy atom. The van der Waals surface area contributed by atoms with E-state index in [1.807, 2.05) is 19.9 Å². The van der Waals surface area contributed by atoms with Gasteiger partial charge in [-0.3, -0.25) is 4.79 Å². The number of halogens is 1. The van der Waals surface area contributed by atoms with Gasteiger partial charge in [-0.2, -0.15) is 0 Å². The molecule has 0 unspecified atom stereocenters. The highest BCUT2D eigenvalue weighted by molar-refractivity contribution is 9.10. The molecule has 1 rings (SSSR count). The van der Waals surface area contributed by atoms with Gasteiger partial charge in [0.2, 0.25) is 0 Å². The van der Waals surface area contributed by atoms with Crippen LogP contribution in [0.2, 0.25) is 0 Å². The summed E-state index contributed by atoms with van der Waals surface area (Å²) in [6.07, 6.45) is 0.774. The van der Waals surface area contributed by atoms with Crippen molar-refractivity contribution < 1.29 is 14.3 Å². The lowest BCUT2D eigenvalue weighted by Gasteiger charge is -2.22. The third-order valence-corrected chi connectivity index (χ3v) is 3.76. The average Bonchev–Trinajstić information content (AvgIpc) is 2.43. The summed E-state index contributed by atoms with van der Waals surface area (Å²) in [6.45, 7) is 3.87. The van der Waals surface area contributed by atoms with E-state index in [0.717, 1.165) is 6.42 Å². The molecule has 1 N–H and O–H groups in total. The van der Waals surface area contributed by atoms with Crippen LogP contribution in [-0.4, -0.2) is 25.0 Å². The zero-order chi connectivity index (χ0) is 14.4. The summed E-state index contributed by atoms with van der Waals surface area (Å²) in [7, 11) is 1.32. The van der Waals surface area contributed by atoms with Crippen molar-refractivity contribution >= 4 is 27.8 Å². The first-order valence-electron chi connectivity index (χ1n) is 6.14. The van der Waals surface area contributed by atoms with E-state index in [1.54, 1.807) is 18.2 Å². The van der Waals surface area contributed by atoms with Gasteiger partial charge in [0.25, 0.3) is 5.91 Å². The fraction of sp³-hybridized carbons (Fsp3) is 0.429. The molecular weight excluding hydrogens is 310 g/mol. The third kappa shape index (κ3) is 4.06. The number of rotatable bonds is 5. The predicted octanol–water partition coefficient (Wildman–Crippen LogP) is 2.77. The van der Waals surface area contributed by atoms with Gasteiger partial charge in [-0.15, -0.1) is 0 Å². The Balaban J connectivity index is 2.88. The molecular formula is C14H18BrNO3. The largest absolute Gasteiger partial charge is 0.467 e. The van der Waals surface area contributed by atoms with Crippen molar-refractivity contribution in [3.63, 3.8) is 0 Å². The number of hydrogen-bond donors (Lipinski definition) is 1. The van der Waals surface area contributed by atoms with E-state index in [9.17, 15) is 9.59 Å². The quantitative estimate of drug-likeness (QED) is 0.846. The van der Waals surface area contributed by atoms with Crippen molar-refractivity contribution in [2.75, 3.05) is 7.11 Å². The number of benzene rings is 1. The van der Waals surface area contributed by atoms with E-state index < -0.39 is 12.0 Å². The molecule has 0 bridgehead atoms. The molecule has 0 aliphatic carbocycles. The van der Waals surface area contributed by atoms with Gasteiger partial charge < -0.3 is 10.1 Å². The zero-order valence-electron chi connectivity index (χ0n) is 11.3. The summed E-state index contributed by atoms with van der Waals surface area (Å²) in [6, 6.07) is 6.45. The van der Waals surface area contributed by atoms with E-state index in [4.69, 9.17) is 4.74 Å². The maximum absolute atomic E-state index is 12.2. The molecule has 0 spiro atoms. The number of ether oxygens (including phenoxy) is 1. The minimum absolute atomic E-state index is 0.0129. The highest BCUT2D eigenvalue weighted by Gasteiger charge is 2.27. The first-order chi connectivity index (χ1) is 9.01. The van der Waals surface area contributed by atoms with Crippen LogP contribution >= 0.6 is 15.9 Å². The molecule has 1 aromatic rings. The normalized spacial score (nSPS) is 13.5. The van der Waals surface area contributed by atoms with E-state index in [0.29, 0.717) is 10.0 Å². The van der Waals surface area contributed by atoms with Crippen molar-refractivity contribution in [2.45, 2.75) is 26.3 Å². The van der Waals surface area contributed by atoms with Gasteiger partial charge in [0, 0.05) is 4.47 Å². The maximum Gasteiger partial charge on any atom is 0.328 e. The SMILES string of the molecule is CC[C@@H](C)[C@H](NC(=O)c1ccccc1Br)C(=O)OC. The summed E-state index contributed by atoms with van der Waals surface area (Å²) in [4.78, 5) is 23.9. The first kappa shape index (κ1) is 15.7. The third-order valence-electron chi connectivity index (χ3n) is 3.07. The Kier molecular flexibility index (Phi) is 6.02. The monoisotopic (exact) mass is 327 g/mol. The molecule has 19 heavy (non-hydrogen) atoms. The fourth-order valence-electron chi connectivity index (χ4n) is 1.66. The van der Waals surface area contributed by atoms with E-state index in [-0.39, 0.29) is 11.8 Å². The van der Waals surface area contributed by atoms with Crippen LogP contribution in [0.1, 0.15) is 30.6 Å². The molecule has 1 aromatic carbocycles.